The van der Waals surface area contributed by atoms with Crippen LogP contribution in [-0.2, 0) is 11.3 Å². The maximum Gasteiger partial charge on any atom is 0.321 e. The Morgan fingerprint density at radius 2 is 2.05 bits per heavy atom. The van der Waals surface area contributed by atoms with Crippen molar-refractivity contribution in [3.63, 3.8) is 0 Å². The zero-order valence-corrected chi connectivity index (χ0v) is 14.1. The van der Waals surface area contributed by atoms with Crippen molar-refractivity contribution in [2.75, 3.05) is 0 Å². The van der Waals surface area contributed by atoms with Crippen LogP contribution in [0.15, 0.2) is 27.6 Å². The molecule has 22 heavy (non-hydrogen) atoms. The van der Waals surface area contributed by atoms with Crippen molar-refractivity contribution in [2.24, 2.45) is 5.92 Å². The van der Waals surface area contributed by atoms with E-state index in [1.165, 1.54) is 23.3 Å². The molecule has 3 amide bonds. The van der Waals surface area contributed by atoms with Gasteiger partial charge in [0.15, 0.2) is 0 Å². The predicted molar refractivity (Wildman–Crippen MR) is 86.5 cm³/mol. The molecule has 0 unspecified atom stereocenters. The standard InChI is InChI=1S/C15H20BrN3O3/c1-10-4-2-3-5-12(10)17-15(22)18-13(20)9-19-8-11(16)6-7-14(19)21/h6-8,10,12H,2-5,9H2,1H3,(H2,17,18,20,22)/t10-,12-/m0/s1. The van der Waals surface area contributed by atoms with Gasteiger partial charge >= 0.3 is 6.03 Å². The third-order valence-electron chi connectivity index (χ3n) is 3.94. The van der Waals surface area contributed by atoms with E-state index >= 15 is 0 Å². The molecule has 1 saturated carbocycles. The number of carbonyl (C=O) groups is 2. The summed E-state index contributed by atoms with van der Waals surface area (Å²) in [5.74, 6) is -0.0940. The van der Waals surface area contributed by atoms with Crippen LogP contribution in [0.3, 0.4) is 0 Å². The summed E-state index contributed by atoms with van der Waals surface area (Å²) < 4.78 is 1.94. The molecule has 7 heteroatoms. The van der Waals surface area contributed by atoms with E-state index in [0.717, 1.165) is 19.3 Å². The van der Waals surface area contributed by atoms with E-state index in [9.17, 15) is 14.4 Å². The van der Waals surface area contributed by atoms with Crippen LogP contribution in [0.5, 0.6) is 0 Å². The first-order valence-electron chi connectivity index (χ1n) is 7.42. The van der Waals surface area contributed by atoms with E-state index < -0.39 is 11.9 Å². The van der Waals surface area contributed by atoms with Crippen LogP contribution in [0.1, 0.15) is 32.6 Å². The molecule has 1 aromatic rings. The fourth-order valence-electron chi connectivity index (χ4n) is 2.68. The largest absolute Gasteiger partial charge is 0.335 e. The monoisotopic (exact) mass is 369 g/mol. The molecule has 0 aliphatic heterocycles. The maximum absolute atomic E-state index is 11.9. The molecule has 2 rings (SSSR count). The molecule has 1 aliphatic rings. The van der Waals surface area contributed by atoms with Crippen LogP contribution in [0.2, 0.25) is 0 Å². The number of hydrogen-bond acceptors (Lipinski definition) is 3. The number of pyridine rings is 1. The van der Waals surface area contributed by atoms with Crippen LogP contribution in [-0.4, -0.2) is 22.5 Å². The minimum absolute atomic E-state index is 0.107. The molecule has 1 fully saturated rings. The summed E-state index contributed by atoms with van der Waals surface area (Å²) in [6, 6.07) is 2.58. The Hall–Kier alpha value is -1.63. The second-order valence-electron chi connectivity index (χ2n) is 5.70. The van der Waals surface area contributed by atoms with Gasteiger partial charge in [-0.25, -0.2) is 4.79 Å². The van der Waals surface area contributed by atoms with Gasteiger partial charge in [-0.2, -0.15) is 0 Å². The van der Waals surface area contributed by atoms with E-state index in [2.05, 4.69) is 33.5 Å². The second kappa shape index (κ2) is 7.58. The first kappa shape index (κ1) is 16.7. The Morgan fingerprint density at radius 1 is 1.32 bits per heavy atom. The number of nitrogens with zero attached hydrogens (tertiary/aromatic N) is 1. The zero-order chi connectivity index (χ0) is 16.1. The first-order valence-corrected chi connectivity index (χ1v) is 8.21. The number of aromatic nitrogens is 1. The quantitative estimate of drug-likeness (QED) is 0.854. The maximum atomic E-state index is 11.9. The lowest BCUT2D eigenvalue weighted by Crippen LogP contribution is -2.48. The van der Waals surface area contributed by atoms with Crippen molar-refractivity contribution in [3.8, 4) is 0 Å². The lowest BCUT2D eigenvalue weighted by molar-refractivity contribution is -0.120. The molecule has 0 bridgehead atoms. The number of nitrogens with one attached hydrogen (secondary N) is 2. The highest BCUT2D eigenvalue weighted by Crippen LogP contribution is 2.23. The van der Waals surface area contributed by atoms with Gasteiger partial charge in [-0.3, -0.25) is 14.9 Å². The predicted octanol–water partition coefficient (Wildman–Crippen LogP) is 2.02. The van der Waals surface area contributed by atoms with E-state index in [4.69, 9.17) is 0 Å². The molecule has 2 N–H and O–H groups in total. The Morgan fingerprint density at radius 3 is 2.77 bits per heavy atom. The highest BCUT2D eigenvalue weighted by atomic mass is 79.9. The summed E-state index contributed by atoms with van der Waals surface area (Å²) in [4.78, 5) is 35.3. The number of halogens is 1. The average molecular weight is 370 g/mol. The minimum atomic E-state index is -0.513. The van der Waals surface area contributed by atoms with Crippen LogP contribution in [0.25, 0.3) is 0 Å². The summed E-state index contributed by atoms with van der Waals surface area (Å²) >= 11 is 3.24. The van der Waals surface area contributed by atoms with Crippen LogP contribution >= 0.6 is 15.9 Å². The number of urea groups is 1. The molecule has 0 spiro atoms. The Bertz CT molecular complexity index is 614. The first-order chi connectivity index (χ1) is 10.5. The fraction of sp³-hybridized carbons (Fsp3) is 0.533. The minimum Gasteiger partial charge on any atom is -0.335 e. The smallest absolute Gasteiger partial charge is 0.321 e. The van der Waals surface area contributed by atoms with Gasteiger partial charge in [-0.1, -0.05) is 19.8 Å². The summed E-state index contributed by atoms with van der Waals surface area (Å²) in [7, 11) is 0. The summed E-state index contributed by atoms with van der Waals surface area (Å²) in [6.45, 7) is 1.92. The molecule has 0 radical (unpaired) electrons. The Balaban J connectivity index is 1.87. The number of rotatable bonds is 3. The van der Waals surface area contributed by atoms with E-state index in [1.54, 1.807) is 6.07 Å². The lowest BCUT2D eigenvalue weighted by atomic mass is 9.86. The van der Waals surface area contributed by atoms with Crippen molar-refractivity contribution < 1.29 is 9.59 Å². The molecule has 120 valence electrons. The Kier molecular flexibility index (Phi) is 5.76. The van der Waals surface area contributed by atoms with Crippen molar-refractivity contribution >= 4 is 27.9 Å². The van der Waals surface area contributed by atoms with Gasteiger partial charge in [0, 0.05) is 22.8 Å². The topological polar surface area (TPSA) is 80.2 Å². The summed E-state index contributed by atoms with van der Waals surface area (Å²) in [6.07, 6.45) is 5.82. The van der Waals surface area contributed by atoms with Crippen molar-refractivity contribution in [1.82, 2.24) is 15.2 Å². The van der Waals surface area contributed by atoms with Crippen LogP contribution < -0.4 is 16.2 Å². The highest BCUT2D eigenvalue weighted by molar-refractivity contribution is 9.10. The van der Waals surface area contributed by atoms with E-state index in [-0.39, 0.29) is 18.1 Å². The van der Waals surface area contributed by atoms with Crippen molar-refractivity contribution in [1.29, 1.82) is 0 Å². The fourth-order valence-corrected chi connectivity index (χ4v) is 3.06. The number of amides is 3. The van der Waals surface area contributed by atoms with Gasteiger partial charge in [-0.15, -0.1) is 0 Å². The summed E-state index contributed by atoms with van der Waals surface area (Å²) in [5.41, 5.74) is -0.292. The SMILES string of the molecule is C[C@H]1CCCC[C@@H]1NC(=O)NC(=O)Cn1cc(Br)ccc1=O. The van der Waals surface area contributed by atoms with Crippen molar-refractivity contribution in [2.45, 2.75) is 45.2 Å². The highest BCUT2D eigenvalue weighted by Gasteiger charge is 2.23. The normalized spacial score (nSPS) is 21.2. The molecule has 1 aromatic heterocycles. The van der Waals surface area contributed by atoms with Gasteiger partial charge in [0.25, 0.3) is 5.56 Å². The molecular weight excluding hydrogens is 350 g/mol. The number of imide groups is 1. The Labute approximate surface area is 137 Å². The average Bonchev–Trinajstić information content (AvgIpc) is 2.45. The second-order valence-corrected chi connectivity index (χ2v) is 6.62. The third kappa shape index (κ3) is 4.69. The van der Waals surface area contributed by atoms with Gasteiger partial charge < -0.3 is 9.88 Å². The summed E-state index contributed by atoms with van der Waals surface area (Å²) in [5, 5.41) is 5.12. The molecular formula is C15H20BrN3O3. The lowest BCUT2D eigenvalue weighted by Gasteiger charge is -2.29. The van der Waals surface area contributed by atoms with E-state index in [0.29, 0.717) is 10.4 Å². The zero-order valence-electron chi connectivity index (χ0n) is 12.5. The van der Waals surface area contributed by atoms with Gasteiger partial charge in [-0.05, 0) is 40.8 Å². The molecule has 0 aromatic carbocycles. The molecule has 1 heterocycles. The molecule has 0 saturated heterocycles. The molecule has 2 atom stereocenters. The third-order valence-corrected chi connectivity index (χ3v) is 4.41. The van der Waals surface area contributed by atoms with Gasteiger partial charge in [0.05, 0.1) is 0 Å². The van der Waals surface area contributed by atoms with Crippen molar-refractivity contribution in [3.05, 3.63) is 33.2 Å². The van der Waals surface area contributed by atoms with Crippen LogP contribution in [0, 0.1) is 5.92 Å². The molecule has 6 nitrogen and oxygen atoms in total. The number of carbonyl (C=O) groups excluding carboxylic acids is 2. The number of hydrogen-bond donors (Lipinski definition) is 2. The van der Waals surface area contributed by atoms with Gasteiger partial charge in [0.2, 0.25) is 5.91 Å². The molecule has 1 aliphatic carbocycles. The van der Waals surface area contributed by atoms with Gasteiger partial charge in [0.1, 0.15) is 6.54 Å². The van der Waals surface area contributed by atoms with Crippen LogP contribution in [0.4, 0.5) is 4.79 Å². The van der Waals surface area contributed by atoms with E-state index in [1.807, 2.05) is 0 Å².